The number of nitrogen functional groups attached to an aromatic ring is 1. The Labute approximate surface area is 153 Å². The van der Waals surface area contributed by atoms with E-state index in [0.29, 0.717) is 5.01 Å². The number of nitrogens with two attached hydrogens (primary N) is 2. The predicted octanol–water partition coefficient (Wildman–Crippen LogP) is 2.20. The number of hydrazine groups is 1. The minimum atomic E-state index is -0.853. The predicted molar refractivity (Wildman–Crippen MR) is 91.4 cm³/mol. The van der Waals surface area contributed by atoms with Gasteiger partial charge >= 0.3 is 0 Å². The van der Waals surface area contributed by atoms with Gasteiger partial charge in [0.15, 0.2) is 5.82 Å². The van der Waals surface area contributed by atoms with Crippen molar-refractivity contribution < 1.29 is 18.0 Å². The fourth-order valence-electron chi connectivity index (χ4n) is 2.15. The number of halogens is 3. The van der Waals surface area contributed by atoms with E-state index < -0.39 is 29.5 Å². The number of nitrogens with zero attached hydrogens (tertiary/aromatic N) is 4. The second-order valence-electron chi connectivity index (χ2n) is 5.05. The van der Waals surface area contributed by atoms with E-state index in [2.05, 4.69) is 30.9 Å². The van der Waals surface area contributed by atoms with E-state index in [4.69, 9.17) is 16.0 Å². The molecule has 0 aliphatic heterocycles. The molecule has 0 aliphatic carbocycles. The number of amides is 1. The molecule has 0 spiro atoms. The first-order chi connectivity index (χ1) is 12.4. The lowest BCUT2D eigenvalue weighted by Crippen LogP contribution is -2.40. The van der Waals surface area contributed by atoms with Crippen molar-refractivity contribution in [3.05, 3.63) is 52.3 Å². The fourth-order valence-corrected chi connectivity index (χ4v) is 2.69. The SMILES string of the molecule is Nc1nc(-c2ncco2)c(Br)c(N(N)C(=O)Cc2c(F)cccc2F)n1. The Morgan fingerprint density at radius 1 is 1.27 bits per heavy atom. The third-order valence-corrected chi connectivity index (χ3v) is 4.10. The summed E-state index contributed by atoms with van der Waals surface area (Å²) in [7, 11) is 0. The molecule has 0 unspecified atom stereocenters. The molecule has 0 bridgehead atoms. The Bertz CT molecular complexity index is 947. The molecular formula is C15H11BrF2N6O2. The van der Waals surface area contributed by atoms with Crippen molar-refractivity contribution in [2.75, 3.05) is 10.7 Å². The molecule has 1 amide bonds. The van der Waals surface area contributed by atoms with Gasteiger partial charge in [-0.3, -0.25) is 4.79 Å². The molecule has 0 atom stereocenters. The maximum atomic E-state index is 13.7. The highest BCUT2D eigenvalue weighted by Crippen LogP contribution is 2.32. The topological polar surface area (TPSA) is 124 Å². The summed E-state index contributed by atoms with van der Waals surface area (Å²) in [6.45, 7) is 0. The lowest BCUT2D eigenvalue weighted by atomic mass is 10.1. The van der Waals surface area contributed by atoms with E-state index in [-0.39, 0.29) is 27.8 Å². The van der Waals surface area contributed by atoms with Crippen LogP contribution in [0.4, 0.5) is 20.5 Å². The number of benzene rings is 1. The van der Waals surface area contributed by atoms with Crippen molar-refractivity contribution in [3.63, 3.8) is 0 Å². The van der Waals surface area contributed by atoms with E-state index in [1.807, 2.05) is 0 Å². The van der Waals surface area contributed by atoms with E-state index in [0.717, 1.165) is 12.1 Å². The molecule has 134 valence electrons. The van der Waals surface area contributed by atoms with Gasteiger partial charge in [-0.25, -0.2) is 29.6 Å². The maximum absolute atomic E-state index is 13.7. The molecule has 26 heavy (non-hydrogen) atoms. The van der Waals surface area contributed by atoms with Crippen LogP contribution in [-0.4, -0.2) is 20.9 Å². The van der Waals surface area contributed by atoms with Gasteiger partial charge in [-0.15, -0.1) is 0 Å². The Balaban J connectivity index is 1.95. The lowest BCUT2D eigenvalue weighted by molar-refractivity contribution is -0.118. The van der Waals surface area contributed by atoms with Crippen LogP contribution in [0, 0.1) is 11.6 Å². The summed E-state index contributed by atoms with van der Waals surface area (Å²) >= 11 is 3.22. The van der Waals surface area contributed by atoms with Gasteiger partial charge in [0.1, 0.15) is 23.6 Å². The summed E-state index contributed by atoms with van der Waals surface area (Å²) in [5, 5.41) is 0.625. The molecule has 3 rings (SSSR count). The Morgan fingerprint density at radius 2 is 1.96 bits per heavy atom. The van der Waals surface area contributed by atoms with Gasteiger partial charge in [0.25, 0.3) is 0 Å². The zero-order chi connectivity index (χ0) is 18.8. The van der Waals surface area contributed by atoms with Crippen molar-refractivity contribution in [1.82, 2.24) is 15.0 Å². The highest BCUT2D eigenvalue weighted by Gasteiger charge is 2.24. The number of anilines is 2. The highest BCUT2D eigenvalue weighted by molar-refractivity contribution is 9.10. The average molecular weight is 425 g/mol. The van der Waals surface area contributed by atoms with Crippen LogP contribution < -0.4 is 16.6 Å². The van der Waals surface area contributed by atoms with Crippen molar-refractivity contribution >= 4 is 33.6 Å². The summed E-state index contributed by atoms with van der Waals surface area (Å²) in [6.07, 6.45) is 2.11. The monoisotopic (exact) mass is 424 g/mol. The molecule has 2 aromatic heterocycles. The van der Waals surface area contributed by atoms with Crippen LogP contribution in [-0.2, 0) is 11.2 Å². The zero-order valence-corrected chi connectivity index (χ0v) is 14.6. The van der Waals surface area contributed by atoms with Crippen molar-refractivity contribution in [1.29, 1.82) is 0 Å². The van der Waals surface area contributed by atoms with Crippen LogP contribution in [0.1, 0.15) is 5.56 Å². The average Bonchev–Trinajstić information content (AvgIpc) is 3.13. The van der Waals surface area contributed by atoms with Gasteiger partial charge in [0, 0.05) is 5.56 Å². The summed E-state index contributed by atoms with van der Waals surface area (Å²) < 4.78 is 32.8. The number of oxazole rings is 1. The standard InChI is InChI=1S/C15H11BrF2N6O2/c16-11-12(14-21-4-5-26-14)22-15(19)23-13(11)24(20)10(25)6-7-8(17)2-1-3-9(7)18/h1-5H,6,20H2,(H2,19,22,23). The fraction of sp³-hybridized carbons (Fsp3) is 0.0667. The molecule has 0 saturated heterocycles. The largest absolute Gasteiger partial charge is 0.443 e. The first kappa shape index (κ1) is 17.9. The number of carbonyl (C=O) groups is 1. The molecule has 0 saturated carbocycles. The van der Waals surface area contributed by atoms with Gasteiger partial charge in [-0.2, -0.15) is 4.98 Å². The minimum Gasteiger partial charge on any atom is -0.443 e. The van der Waals surface area contributed by atoms with Crippen LogP contribution in [0.2, 0.25) is 0 Å². The van der Waals surface area contributed by atoms with Gasteiger partial charge < -0.3 is 10.2 Å². The van der Waals surface area contributed by atoms with E-state index in [1.165, 1.54) is 18.5 Å². The molecule has 0 radical (unpaired) electrons. The molecule has 8 nitrogen and oxygen atoms in total. The van der Waals surface area contributed by atoms with E-state index in [1.54, 1.807) is 0 Å². The molecule has 4 N–H and O–H groups in total. The summed E-state index contributed by atoms with van der Waals surface area (Å²) in [4.78, 5) is 24.2. The van der Waals surface area contributed by atoms with Crippen LogP contribution >= 0.6 is 15.9 Å². The number of hydrogen-bond donors (Lipinski definition) is 2. The van der Waals surface area contributed by atoms with Crippen molar-refractivity contribution in [2.45, 2.75) is 6.42 Å². The van der Waals surface area contributed by atoms with Gasteiger partial charge in [-0.1, -0.05) is 6.07 Å². The summed E-state index contributed by atoms with van der Waals surface area (Å²) in [5.74, 6) is 3.09. The Morgan fingerprint density at radius 3 is 2.58 bits per heavy atom. The number of hydrogen-bond acceptors (Lipinski definition) is 7. The van der Waals surface area contributed by atoms with Gasteiger partial charge in [0.2, 0.25) is 17.7 Å². The third-order valence-electron chi connectivity index (χ3n) is 3.37. The second kappa shape index (κ2) is 7.14. The zero-order valence-electron chi connectivity index (χ0n) is 13.0. The van der Waals surface area contributed by atoms with E-state index >= 15 is 0 Å². The molecule has 0 fully saturated rings. The first-order valence-corrected chi connectivity index (χ1v) is 7.91. The smallest absolute Gasteiger partial charge is 0.247 e. The van der Waals surface area contributed by atoms with Crippen LogP contribution in [0.25, 0.3) is 11.6 Å². The van der Waals surface area contributed by atoms with Gasteiger partial charge in [0.05, 0.1) is 17.1 Å². The molecule has 1 aromatic carbocycles. The normalized spacial score (nSPS) is 10.8. The lowest BCUT2D eigenvalue weighted by Gasteiger charge is -2.18. The third kappa shape index (κ3) is 3.39. The first-order valence-electron chi connectivity index (χ1n) is 7.12. The molecule has 0 aliphatic rings. The molecule has 3 aromatic rings. The number of aromatic nitrogens is 3. The Kier molecular flexibility index (Phi) is 4.91. The van der Waals surface area contributed by atoms with Crippen molar-refractivity contribution in [2.24, 2.45) is 5.84 Å². The number of carbonyl (C=O) groups excluding carboxylic acids is 1. The van der Waals surface area contributed by atoms with Crippen LogP contribution in [0.5, 0.6) is 0 Å². The molecule has 2 heterocycles. The summed E-state index contributed by atoms with van der Waals surface area (Å²) in [6, 6.07) is 3.29. The second-order valence-corrected chi connectivity index (χ2v) is 5.84. The van der Waals surface area contributed by atoms with Gasteiger partial charge in [-0.05, 0) is 28.1 Å². The number of rotatable bonds is 4. The minimum absolute atomic E-state index is 0.104. The molecular weight excluding hydrogens is 414 g/mol. The molecule has 11 heteroatoms. The quantitative estimate of drug-likeness (QED) is 0.373. The van der Waals surface area contributed by atoms with Crippen molar-refractivity contribution in [3.8, 4) is 11.6 Å². The van der Waals surface area contributed by atoms with Crippen LogP contribution in [0.15, 0.2) is 39.5 Å². The summed E-state index contributed by atoms with van der Waals surface area (Å²) in [5.41, 5.74) is 5.41. The van der Waals surface area contributed by atoms with E-state index in [9.17, 15) is 13.6 Å². The highest BCUT2D eigenvalue weighted by atomic mass is 79.9. The maximum Gasteiger partial charge on any atom is 0.247 e. The Hall–Kier alpha value is -2.92. The van der Waals surface area contributed by atoms with Crippen LogP contribution in [0.3, 0.4) is 0 Å².